The van der Waals surface area contributed by atoms with Crippen molar-refractivity contribution in [2.24, 2.45) is 0 Å². The molecule has 0 bridgehead atoms. The van der Waals surface area contributed by atoms with Crippen molar-refractivity contribution in [1.82, 2.24) is 9.88 Å². The van der Waals surface area contributed by atoms with E-state index in [0.29, 0.717) is 30.4 Å². The number of rotatable bonds is 9. The number of ether oxygens (including phenoxy) is 3. The van der Waals surface area contributed by atoms with E-state index in [-0.39, 0.29) is 11.9 Å². The van der Waals surface area contributed by atoms with Crippen LogP contribution in [0, 0.1) is 0 Å². The molecule has 26 heavy (non-hydrogen) atoms. The molecule has 1 amide bonds. The van der Waals surface area contributed by atoms with Crippen molar-refractivity contribution in [1.29, 1.82) is 0 Å². The van der Waals surface area contributed by atoms with E-state index in [0.717, 1.165) is 17.1 Å². The summed E-state index contributed by atoms with van der Waals surface area (Å²) in [6, 6.07) is 5.67. The number of para-hydroxylation sites is 1. The third-order valence-corrected chi connectivity index (χ3v) is 5.05. The molecular formula is C19H26N2O4S. The van der Waals surface area contributed by atoms with Crippen LogP contribution in [0.4, 0.5) is 0 Å². The first-order valence-electron chi connectivity index (χ1n) is 8.54. The maximum Gasteiger partial charge on any atom is 0.220 e. The van der Waals surface area contributed by atoms with Crippen LogP contribution in [0.15, 0.2) is 23.6 Å². The highest BCUT2D eigenvalue weighted by atomic mass is 32.1. The fraction of sp³-hybridized carbons (Fsp3) is 0.474. The summed E-state index contributed by atoms with van der Waals surface area (Å²) in [5.41, 5.74) is 0.871. The Morgan fingerprint density at radius 3 is 2.46 bits per heavy atom. The number of benzene rings is 1. The lowest BCUT2D eigenvalue weighted by atomic mass is 10.2. The zero-order valence-electron chi connectivity index (χ0n) is 15.9. The lowest BCUT2D eigenvalue weighted by Crippen LogP contribution is -2.36. The zero-order chi connectivity index (χ0) is 19.1. The smallest absolute Gasteiger partial charge is 0.220 e. The van der Waals surface area contributed by atoms with Crippen molar-refractivity contribution in [3.63, 3.8) is 0 Å². The van der Waals surface area contributed by atoms with Crippen molar-refractivity contribution in [2.75, 3.05) is 14.2 Å². The summed E-state index contributed by atoms with van der Waals surface area (Å²) in [4.78, 5) is 18.3. The second-order valence-electron chi connectivity index (χ2n) is 5.92. The Balaban J connectivity index is 2.06. The van der Waals surface area contributed by atoms with Crippen LogP contribution in [0.2, 0.25) is 0 Å². The molecular weight excluding hydrogens is 352 g/mol. The third kappa shape index (κ3) is 4.88. The Labute approximate surface area is 158 Å². The number of thiazole rings is 1. The minimum atomic E-state index is 0.0592. The van der Waals surface area contributed by atoms with Crippen molar-refractivity contribution in [3.05, 3.63) is 34.3 Å². The van der Waals surface area contributed by atoms with Gasteiger partial charge in [-0.1, -0.05) is 13.0 Å². The van der Waals surface area contributed by atoms with Gasteiger partial charge >= 0.3 is 0 Å². The van der Waals surface area contributed by atoms with Crippen molar-refractivity contribution >= 4 is 17.2 Å². The van der Waals surface area contributed by atoms with Crippen LogP contribution < -0.4 is 14.2 Å². The summed E-state index contributed by atoms with van der Waals surface area (Å²) in [6.45, 7) is 6.54. The molecule has 1 aromatic carbocycles. The Hall–Kier alpha value is -2.28. The van der Waals surface area contributed by atoms with Crippen LogP contribution in [0.5, 0.6) is 17.2 Å². The lowest BCUT2D eigenvalue weighted by Gasteiger charge is -2.26. The quantitative estimate of drug-likeness (QED) is 0.662. The van der Waals surface area contributed by atoms with E-state index in [9.17, 15) is 4.79 Å². The predicted molar refractivity (Wildman–Crippen MR) is 102 cm³/mol. The highest BCUT2D eigenvalue weighted by Crippen LogP contribution is 2.37. The van der Waals surface area contributed by atoms with E-state index in [2.05, 4.69) is 11.9 Å². The first-order valence-corrected chi connectivity index (χ1v) is 9.42. The zero-order valence-corrected chi connectivity index (χ0v) is 16.8. The van der Waals surface area contributed by atoms with E-state index in [1.807, 2.05) is 35.4 Å². The molecule has 0 radical (unpaired) electrons. The molecule has 0 unspecified atom stereocenters. The van der Waals surface area contributed by atoms with Crippen LogP contribution in [0.1, 0.15) is 37.9 Å². The second-order valence-corrected chi connectivity index (χ2v) is 6.86. The van der Waals surface area contributed by atoms with Crippen molar-refractivity contribution in [3.8, 4) is 17.2 Å². The van der Waals surface area contributed by atoms with Gasteiger partial charge < -0.3 is 19.1 Å². The van der Waals surface area contributed by atoms with E-state index < -0.39 is 0 Å². The van der Waals surface area contributed by atoms with Gasteiger partial charge in [0.1, 0.15) is 11.6 Å². The molecule has 2 aromatic rings. The first kappa shape index (κ1) is 20.0. The van der Waals surface area contributed by atoms with Gasteiger partial charge in [0.05, 0.1) is 26.5 Å². The molecule has 0 N–H and O–H groups in total. The minimum Gasteiger partial charge on any atom is -0.493 e. The molecule has 7 heteroatoms. The molecule has 2 rings (SSSR count). The average molecular weight is 378 g/mol. The van der Waals surface area contributed by atoms with Crippen LogP contribution in [-0.2, 0) is 17.9 Å². The maximum absolute atomic E-state index is 11.9. The van der Waals surface area contributed by atoms with Crippen LogP contribution in [0.25, 0.3) is 0 Å². The SMILES string of the molecule is CC[C@H](C)N(Cc1csc(COc2c(OC)cccc2OC)n1)C(C)=O. The van der Waals surface area contributed by atoms with Crippen molar-refractivity contribution in [2.45, 2.75) is 46.4 Å². The number of amides is 1. The molecule has 0 spiro atoms. The second kappa shape index (κ2) is 9.43. The molecule has 0 aliphatic rings. The molecule has 0 aliphatic carbocycles. The van der Waals surface area contributed by atoms with E-state index in [1.165, 1.54) is 11.3 Å². The summed E-state index contributed by atoms with van der Waals surface area (Å²) in [5.74, 6) is 1.84. The molecule has 0 saturated heterocycles. The van der Waals surface area contributed by atoms with E-state index >= 15 is 0 Å². The highest BCUT2D eigenvalue weighted by Gasteiger charge is 2.17. The van der Waals surface area contributed by atoms with E-state index in [1.54, 1.807) is 21.1 Å². The van der Waals surface area contributed by atoms with E-state index in [4.69, 9.17) is 14.2 Å². The molecule has 0 saturated carbocycles. The van der Waals surface area contributed by atoms with Crippen molar-refractivity contribution < 1.29 is 19.0 Å². The monoisotopic (exact) mass is 378 g/mol. The van der Waals surface area contributed by atoms with Gasteiger partial charge in [0.15, 0.2) is 11.5 Å². The Morgan fingerprint density at radius 2 is 1.92 bits per heavy atom. The molecule has 1 heterocycles. The molecule has 0 aliphatic heterocycles. The number of aromatic nitrogens is 1. The van der Waals surface area contributed by atoms with Gasteiger partial charge in [0, 0.05) is 18.3 Å². The van der Waals surface area contributed by atoms with Gasteiger partial charge in [-0.25, -0.2) is 4.98 Å². The minimum absolute atomic E-state index is 0.0592. The largest absolute Gasteiger partial charge is 0.493 e. The average Bonchev–Trinajstić information content (AvgIpc) is 3.10. The number of hydrogen-bond donors (Lipinski definition) is 0. The van der Waals surface area contributed by atoms with Gasteiger partial charge in [0.2, 0.25) is 11.7 Å². The number of carbonyl (C=O) groups is 1. The summed E-state index contributed by atoms with van der Waals surface area (Å²) in [6.07, 6.45) is 0.910. The van der Waals surface area contributed by atoms with Gasteiger partial charge in [-0.05, 0) is 25.5 Å². The predicted octanol–water partition coefficient (Wildman–Crippen LogP) is 3.89. The third-order valence-electron chi connectivity index (χ3n) is 4.18. The van der Waals surface area contributed by atoms with Crippen LogP contribution in [-0.4, -0.2) is 36.1 Å². The van der Waals surface area contributed by atoms with Gasteiger partial charge in [0.25, 0.3) is 0 Å². The number of carbonyl (C=O) groups excluding carboxylic acids is 1. The van der Waals surface area contributed by atoms with Gasteiger partial charge in [-0.2, -0.15) is 0 Å². The summed E-state index contributed by atoms with van der Waals surface area (Å²) >= 11 is 1.51. The summed E-state index contributed by atoms with van der Waals surface area (Å²) in [7, 11) is 3.18. The van der Waals surface area contributed by atoms with Crippen LogP contribution in [0.3, 0.4) is 0 Å². The van der Waals surface area contributed by atoms with Gasteiger partial charge in [-0.3, -0.25) is 4.79 Å². The normalized spacial score (nSPS) is 11.7. The highest BCUT2D eigenvalue weighted by molar-refractivity contribution is 7.09. The first-order chi connectivity index (χ1) is 12.5. The molecule has 6 nitrogen and oxygen atoms in total. The fourth-order valence-electron chi connectivity index (χ4n) is 2.55. The Kier molecular flexibility index (Phi) is 7.26. The molecule has 0 fully saturated rings. The molecule has 1 atom stereocenters. The fourth-order valence-corrected chi connectivity index (χ4v) is 3.25. The number of methoxy groups -OCH3 is 2. The number of nitrogens with zero attached hydrogens (tertiary/aromatic N) is 2. The standard InChI is InChI=1S/C19H26N2O4S/c1-6-13(2)21(14(3)22)10-15-12-26-18(20-15)11-25-19-16(23-4)8-7-9-17(19)24-5/h7-9,12-13H,6,10-11H2,1-5H3/t13-/m0/s1. The molecule has 142 valence electrons. The molecule has 1 aromatic heterocycles. The lowest BCUT2D eigenvalue weighted by molar-refractivity contribution is -0.131. The summed E-state index contributed by atoms with van der Waals surface area (Å²) < 4.78 is 16.6. The van der Waals surface area contributed by atoms with Crippen LogP contribution >= 0.6 is 11.3 Å². The van der Waals surface area contributed by atoms with Gasteiger partial charge in [-0.15, -0.1) is 11.3 Å². The topological polar surface area (TPSA) is 60.9 Å². The number of hydrogen-bond acceptors (Lipinski definition) is 6. The summed E-state index contributed by atoms with van der Waals surface area (Å²) in [5, 5.41) is 2.80. The Bertz CT molecular complexity index is 710. The maximum atomic E-state index is 11.9. The Morgan fingerprint density at radius 1 is 1.27 bits per heavy atom.